The highest BCUT2D eigenvalue weighted by atomic mass is 16.2. The van der Waals surface area contributed by atoms with E-state index in [0.29, 0.717) is 5.92 Å². The fraction of sp³-hybridized carbons (Fsp3) is 0.500. The van der Waals surface area contributed by atoms with Gasteiger partial charge in [0.15, 0.2) is 0 Å². The fourth-order valence-electron chi connectivity index (χ4n) is 2.61. The van der Waals surface area contributed by atoms with Gasteiger partial charge in [-0.3, -0.25) is 4.79 Å². The van der Waals surface area contributed by atoms with Crippen LogP contribution in [-0.4, -0.2) is 15.9 Å². The van der Waals surface area contributed by atoms with Crippen LogP contribution in [0.15, 0.2) is 24.3 Å². The van der Waals surface area contributed by atoms with Crippen LogP contribution in [-0.2, 0) is 4.79 Å². The van der Waals surface area contributed by atoms with Crippen LogP contribution < -0.4 is 5.32 Å². The number of carbonyl (C=O) groups excluding carboxylic acids is 1. The summed E-state index contributed by atoms with van der Waals surface area (Å²) in [5, 5.41) is 3.16. The minimum Gasteiger partial charge on any atom is -0.346 e. The number of hydrogen-bond donors (Lipinski definition) is 2. The van der Waals surface area contributed by atoms with Gasteiger partial charge in [-0.2, -0.15) is 0 Å². The molecule has 20 heavy (non-hydrogen) atoms. The van der Waals surface area contributed by atoms with E-state index in [1.807, 2.05) is 24.3 Å². The Hall–Kier alpha value is -1.84. The van der Waals surface area contributed by atoms with Crippen molar-refractivity contribution in [1.29, 1.82) is 0 Å². The Morgan fingerprint density at radius 2 is 2.10 bits per heavy atom. The average Bonchev–Trinajstić information content (AvgIpc) is 2.76. The monoisotopic (exact) mass is 271 g/mol. The standard InChI is InChI=1S/C16H21N3O/c1-10(2)14(19-16(20)11-6-5-7-11)15-17-12-8-3-4-9-13(12)18-15/h3-4,8-11,14H,5-7H2,1-2H3,(H,17,18)(H,19,20). The zero-order valence-electron chi connectivity index (χ0n) is 12.0. The molecule has 0 radical (unpaired) electrons. The number of para-hydroxylation sites is 2. The molecule has 1 amide bonds. The number of aromatic nitrogens is 2. The lowest BCUT2D eigenvalue weighted by molar-refractivity contribution is -0.128. The number of hydrogen-bond acceptors (Lipinski definition) is 2. The quantitative estimate of drug-likeness (QED) is 0.897. The molecule has 106 valence electrons. The number of benzene rings is 1. The zero-order chi connectivity index (χ0) is 14.1. The van der Waals surface area contributed by atoms with Gasteiger partial charge in [-0.05, 0) is 30.9 Å². The highest BCUT2D eigenvalue weighted by Gasteiger charge is 2.29. The van der Waals surface area contributed by atoms with Crippen molar-refractivity contribution in [3.8, 4) is 0 Å². The Labute approximate surface area is 119 Å². The van der Waals surface area contributed by atoms with Crippen molar-refractivity contribution >= 4 is 16.9 Å². The third kappa shape index (κ3) is 2.42. The lowest BCUT2D eigenvalue weighted by Gasteiger charge is -2.28. The van der Waals surface area contributed by atoms with Gasteiger partial charge >= 0.3 is 0 Å². The third-order valence-electron chi connectivity index (χ3n) is 4.14. The molecule has 1 aromatic heterocycles. The second-order valence-corrected chi connectivity index (χ2v) is 6.00. The highest BCUT2D eigenvalue weighted by molar-refractivity contribution is 5.80. The Bertz CT molecular complexity index is 580. The first-order chi connectivity index (χ1) is 9.65. The minimum absolute atomic E-state index is 0.0458. The third-order valence-corrected chi connectivity index (χ3v) is 4.14. The molecule has 2 N–H and O–H groups in total. The van der Waals surface area contributed by atoms with E-state index in [9.17, 15) is 4.79 Å². The topological polar surface area (TPSA) is 57.8 Å². The second kappa shape index (κ2) is 5.27. The Kier molecular flexibility index (Phi) is 3.47. The molecule has 1 aliphatic rings. The summed E-state index contributed by atoms with van der Waals surface area (Å²) in [6, 6.07) is 7.92. The van der Waals surface area contributed by atoms with Gasteiger partial charge in [-0.15, -0.1) is 0 Å². The number of aromatic amines is 1. The number of imidazole rings is 1. The van der Waals surface area contributed by atoms with Crippen molar-refractivity contribution in [1.82, 2.24) is 15.3 Å². The lowest BCUT2D eigenvalue weighted by atomic mass is 9.84. The molecule has 0 saturated heterocycles. The SMILES string of the molecule is CC(C)C(NC(=O)C1CCC1)c1nc2ccccc2[nH]1. The molecule has 2 aromatic rings. The molecule has 3 rings (SSSR count). The molecular weight excluding hydrogens is 250 g/mol. The number of rotatable bonds is 4. The Morgan fingerprint density at radius 3 is 2.70 bits per heavy atom. The molecule has 1 unspecified atom stereocenters. The van der Waals surface area contributed by atoms with Crippen LogP contribution in [0.1, 0.15) is 45.0 Å². The van der Waals surface area contributed by atoms with Crippen LogP contribution in [0.5, 0.6) is 0 Å². The van der Waals surface area contributed by atoms with Crippen LogP contribution in [0.4, 0.5) is 0 Å². The van der Waals surface area contributed by atoms with E-state index < -0.39 is 0 Å². The molecule has 1 atom stereocenters. The summed E-state index contributed by atoms with van der Waals surface area (Å²) in [4.78, 5) is 20.1. The number of fused-ring (bicyclic) bond motifs is 1. The maximum atomic E-state index is 12.2. The van der Waals surface area contributed by atoms with Crippen LogP contribution in [0.3, 0.4) is 0 Å². The number of carbonyl (C=O) groups is 1. The van der Waals surface area contributed by atoms with E-state index in [4.69, 9.17) is 0 Å². The summed E-state index contributed by atoms with van der Waals surface area (Å²) < 4.78 is 0. The van der Waals surface area contributed by atoms with Gasteiger partial charge in [0.25, 0.3) is 0 Å². The van der Waals surface area contributed by atoms with Crippen molar-refractivity contribution in [3.63, 3.8) is 0 Å². The second-order valence-electron chi connectivity index (χ2n) is 6.00. The molecule has 1 aliphatic carbocycles. The summed E-state index contributed by atoms with van der Waals surface area (Å²) in [5.74, 6) is 1.55. The molecule has 4 heteroatoms. The zero-order valence-corrected chi connectivity index (χ0v) is 12.0. The summed E-state index contributed by atoms with van der Waals surface area (Å²) in [5.41, 5.74) is 1.97. The first-order valence-corrected chi connectivity index (χ1v) is 7.40. The molecule has 1 heterocycles. The molecule has 1 aromatic carbocycles. The molecule has 1 fully saturated rings. The minimum atomic E-state index is -0.0458. The van der Waals surface area contributed by atoms with Crippen molar-refractivity contribution in [2.75, 3.05) is 0 Å². The lowest BCUT2D eigenvalue weighted by Crippen LogP contribution is -2.39. The van der Waals surface area contributed by atoms with Gasteiger partial charge in [0.1, 0.15) is 5.82 Å². The van der Waals surface area contributed by atoms with Crippen molar-refractivity contribution in [3.05, 3.63) is 30.1 Å². The van der Waals surface area contributed by atoms with Gasteiger partial charge in [-0.1, -0.05) is 32.4 Å². The van der Waals surface area contributed by atoms with Gasteiger partial charge < -0.3 is 10.3 Å². The first kappa shape index (κ1) is 13.2. The van der Waals surface area contributed by atoms with Gasteiger partial charge in [0, 0.05) is 5.92 Å². The number of amides is 1. The van der Waals surface area contributed by atoms with Crippen molar-refractivity contribution in [2.45, 2.75) is 39.2 Å². The number of nitrogens with zero attached hydrogens (tertiary/aromatic N) is 1. The first-order valence-electron chi connectivity index (χ1n) is 7.40. The van der Waals surface area contributed by atoms with Crippen molar-refractivity contribution in [2.24, 2.45) is 11.8 Å². The summed E-state index contributed by atoms with van der Waals surface area (Å²) in [7, 11) is 0. The molecule has 0 bridgehead atoms. The van der Waals surface area contributed by atoms with Crippen LogP contribution >= 0.6 is 0 Å². The summed E-state index contributed by atoms with van der Waals surface area (Å²) in [6.07, 6.45) is 3.22. The van der Waals surface area contributed by atoms with E-state index in [1.165, 1.54) is 6.42 Å². The predicted molar refractivity (Wildman–Crippen MR) is 79.2 cm³/mol. The molecule has 0 spiro atoms. The van der Waals surface area contributed by atoms with E-state index in [1.54, 1.807) is 0 Å². The fourth-order valence-corrected chi connectivity index (χ4v) is 2.61. The van der Waals surface area contributed by atoms with Gasteiger partial charge in [0.05, 0.1) is 17.1 Å². The van der Waals surface area contributed by atoms with Crippen molar-refractivity contribution < 1.29 is 4.79 Å². The molecule has 0 aliphatic heterocycles. The Balaban J connectivity index is 1.83. The largest absolute Gasteiger partial charge is 0.346 e. The smallest absolute Gasteiger partial charge is 0.223 e. The maximum Gasteiger partial charge on any atom is 0.223 e. The number of nitrogens with one attached hydrogen (secondary N) is 2. The van der Waals surface area contributed by atoms with E-state index in [-0.39, 0.29) is 17.9 Å². The van der Waals surface area contributed by atoms with E-state index in [0.717, 1.165) is 29.7 Å². The van der Waals surface area contributed by atoms with Crippen LogP contribution in [0, 0.1) is 11.8 Å². The predicted octanol–water partition coefficient (Wildman–Crippen LogP) is 3.18. The van der Waals surface area contributed by atoms with Crippen LogP contribution in [0.25, 0.3) is 11.0 Å². The summed E-state index contributed by atoms with van der Waals surface area (Å²) in [6.45, 7) is 4.22. The van der Waals surface area contributed by atoms with E-state index in [2.05, 4.69) is 29.1 Å². The molecule has 1 saturated carbocycles. The molecular formula is C16H21N3O. The molecule has 4 nitrogen and oxygen atoms in total. The van der Waals surface area contributed by atoms with Crippen LogP contribution in [0.2, 0.25) is 0 Å². The average molecular weight is 271 g/mol. The normalized spacial score (nSPS) is 17.1. The number of H-pyrrole nitrogens is 1. The maximum absolute atomic E-state index is 12.2. The van der Waals surface area contributed by atoms with Gasteiger partial charge in [0.2, 0.25) is 5.91 Å². The van der Waals surface area contributed by atoms with E-state index >= 15 is 0 Å². The summed E-state index contributed by atoms with van der Waals surface area (Å²) >= 11 is 0. The van der Waals surface area contributed by atoms with Gasteiger partial charge in [-0.25, -0.2) is 4.98 Å². The highest BCUT2D eigenvalue weighted by Crippen LogP contribution is 2.28. The Morgan fingerprint density at radius 1 is 1.35 bits per heavy atom.